The van der Waals surface area contributed by atoms with Crippen LogP contribution in [0.1, 0.15) is 18.4 Å². The van der Waals surface area contributed by atoms with Crippen molar-refractivity contribution < 1.29 is 15.0 Å². The van der Waals surface area contributed by atoms with Gasteiger partial charge in [0.05, 0.1) is 23.1 Å². The normalized spacial score (nSPS) is 13.9. The number of nitrogens with zero attached hydrogens (tertiary/aromatic N) is 3. The van der Waals surface area contributed by atoms with Gasteiger partial charge in [0.25, 0.3) is 0 Å². The van der Waals surface area contributed by atoms with Crippen molar-refractivity contribution in [3.8, 4) is 5.75 Å². The Labute approximate surface area is 156 Å². The molecule has 7 heteroatoms. The number of aliphatic carboxylic acids is 1. The van der Waals surface area contributed by atoms with Gasteiger partial charge in [-0.2, -0.15) is 0 Å². The number of nitrogens with one attached hydrogen (secondary N) is 1. The first-order valence-electron chi connectivity index (χ1n) is 8.92. The van der Waals surface area contributed by atoms with E-state index in [1.54, 1.807) is 12.1 Å². The zero-order valence-electron chi connectivity index (χ0n) is 14.7. The molecule has 138 valence electrons. The number of rotatable bonds is 5. The summed E-state index contributed by atoms with van der Waals surface area (Å²) in [6.45, 7) is 1.82. The summed E-state index contributed by atoms with van der Waals surface area (Å²) in [5.74, 6) is 0.411. The highest BCUT2D eigenvalue weighted by molar-refractivity contribution is 5.83. The lowest BCUT2D eigenvalue weighted by molar-refractivity contribution is -0.136. The minimum absolute atomic E-state index is 0.0338. The molecular formula is C20H20N4O3. The Hall–Kier alpha value is -3.35. The summed E-state index contributed by atoms with van der Waals surface area (Å²) in [6, 6.07) is 12.4. The molecule has 4 rings (SSSR count). The average molecular weight is 364 g/mol. The third-order valence-corrected chi connectivity index (χ3v) is 4.63. The maximum atomic E-state index is 11.0. The number of hydrogen-bond donors (Lipinski definition) is 3. The van der Waals surface area contributed by atoms with Gasteiger partial charge in [-0.15, -0.1) is 0 Å². The molecule has 0 radical (unpaired) electrons. The molecule has 1 aliphatic rings. The molecule has 0 saturated carbocycles. The molecule has 0 bridgehead atoms. The summed E-state index contributed by atoms with van der Waals surface area (Å²) in [5, 5.41) is 22.4. The van der Waals surface area contributed by atoms with Crippen molar-refractivity contribution in [2.45, 2.75) is 19.3 Å². The number of phenolic OH excluding ortho intramolecular Hbond substituents is 1. The van der Waals surface area contributed by atoms with E-state index in [1.807, 2.05) is 24.3 Å². The number of carbonyl (C=O) groups is 1. The van der Waals surface area contributed by atoms with E-state index in [1.165, 1.54) is 6.07 Å². The standard InChI is InChI=1S/C20H20N4O3/c25-17-8-7-13(12-18(26)27)11-16(17)22-19-20(24-9-3-4-10-24)23-15-6-2-1-5-14(15)21-19/h1-2,5-8,11,25H,3-4,9-10,12H2,(H,21,22)(H,26,27). The van der Waals surface area contributed by atoms with Crippen LogP contribution in [0.2, 0.25) is 0 Å². The van der Waals surface area contributed by atoms with Crippen LogP contribution in [0.4, 0.5) is 17.3 Å². The van der Waals surface area contributed by atoms with Crippen LogP contribution in [-0.2, 0) is 11.2 Å². The highest BCUT2D eigenvalue weighted by Gasteiger charge is 2.20. The molecule has 27 heavy (non-hydrogen) atoms. The summed E-state index contributed by atoms with van der Waals surface area (Å²) < 4.78 is 0. The zero-order chi connectivity index (χ0) is 18.8. The van der Waals surface area contributed by atoms with Crippen LogP contribution >= 0.6 is 0 Å². The van der Waals surface area contributed by atoms with Gasteiger partial charge in [0.15, 0.2) is 11.6 Å². The topological polar surface area (TPSA) is 98.6 Å². The Kier molecular flexibility index (Phi) is 4.50. The van der Waals surface area contributed by atoms with E-state index in [9.17, 15) is 9.90 Å². The van der Waals surface area contributed by atoms with E-state index in [0.717, 1.165) is 42.8 Å². The Morgan fingerprint density at radius 2 is 1.78 bits per heavy atom. The Morgan fingerprint density at radius 1 is 1.07 bits per heavy atom. The van der Waals surface area contributed by atoms with Crippen LogP contribution < -0.4 is 10.2 Å². The summed E-state index contributed by atoms with van der Waals surface area (Å²) in [6.07, 6.45) is 2.10. The largest absolute Gasteiger partial charge is 0.506 e. The fraction of sp³-hybridized carbons (Fsp3) is 0.250. The van der Waals surface area contributed by atoms with Crippen LogP contribution in [0.25, 0.3) is 11.0 Å². The first-order chi connectivity index (χ1) is 13.1. The van der Waals surface area contributed by atoms with Crippen molar-refractivity contribution in [3.63, 3.8) is 0 Å². The lowest BCUT2D eigenvalue weighted by atomic mass is 10.1. The van der Waals surface area contributed by atoms with E-state index in [0.29, 0.717) is 17.1 Å². The quantitative estimate of drug-likeness (QED) is 0.597. The summed E-state index contributed by atoms with van der Waals surface area (Å²) in [4.78, 5) is 22.6. The number of hydrogen-bond acceptors (Lipinski definition) is 6. The van der Waals surface area contributed by atoms with Gasteiger partial charge in [0.2, 0.25) is 0 Å². The average Bonchev–Trinajstić information content (AvgIpc) is 3.18. The molecule has 1 saturated heterocycles. The van der Waals surface area contributed by atoms with Crippen LogP contribution in [0.3, 0.4) is 0 Å². The van der Waals surface area contributed by atoms with Gasteiger partial charge in [-0.3, -0.25) is 4.79 Å². The van der Waals surface area contributed by atoms with E-state index < -0.39 is 5.97 Å². The van der Waals surface area contributed by atoms with Gasteiger partial charge < -0.3 is 20.4 Å². The van der Waals surface area contributed by atoms with E-state index in [2.05, 4.69) is 10.2 Å². The number of carboxylic acid groups (broad SMARTS) is 1. The molecule has 2 heterocycles. The summed E-state index contributed by atoms with van der Waals surface area (Å²) in [5.41, 5.74) is 2.58. The molecule has 0 aliphatic carbocycles. The number of benzene rings is 2. The van der Waals surface area contributed by atoms with Crippen molar-refractivity contribution in [2.24, 2.45) is 0 Å². The number of fused-ring (bicyclic) bond motifs is 1. The molecule has 3 N–H and O–H groups in total. The fourth-order valence-corrected chi connectivity index (χ4v) is 3.32. The lowest BCUT2D eigenvalue weighted by Crippen LogP contribution is -2.21. The van der Waals surface area contributed by atoms with E-state index in [4.69, 9.17) is 15.1 Å². The first-order valence-corrected chi connectivity index (χ1v) is 8.92. The smallest absolute Gasteiger partial charge is 0.307 e. The lowest BCUT2D eigenvalue weighted by Gasteiger charge is -2.21. The van der Waals surface area contributed by atoms with Crippen LogP contribution in [0.15, 0.2) is 42.5 Å². The minimum Gasteiger partial charge on any atom is -0.506 e. The second kappa shape index (κ2) is 7.11. The maximum absolute atomic E-state index is 11.0. The van der Waals surface area contributed by atoms with E-state index in [-0.39, 0.29) is 12.2 Å². The van der Waals surface area contributed by atoms with Gasteiger partial charge in [-0.25, -0.2) is 9.97 Å². The SMILES string of the molecule is O=C(O)Cc1ccc(O)c(Nc2nc3ccccc3nc2N2CCCC2)c1. The van der Waals surface area contributed by atoms with Crippen LogP contribution in [0.5, 0.6) is 5.75 Å². The molecule has 7 nitrogen and oxygen atoms in total. The molecule has 0 unspecified atom stereocenters. The second-order valence-corrected chi connectivity index (χ2v) is 6.63. The van der Waals surface area contributed by atoms with Gasteiger partial charge in [0, 0.05) is 13.1 Å². The first kappa shape index (κ1) is 17.1. The van der Waals surface area contributed by atoms with Crippen molar-refractivity contribution >= 4 is 34.3 Å². The van der Waals surface area contributed by atoms with Crippen molar-refractivity contribution in [3.05, 3.63) is 48.0 Å². The molecule has 3 aromatic rings. The summed E-state index contributed by atoms with van der Waals surface area (Å²) >= 11 is 0. The number of para-hydroxylation sites is 2. The Balaban J connectivity index is 1.76. The second-order valence-electron chi connectivity index (χ2n) is 6.63. The van der Waals surface area contributed by atoms with Crippen molar-refractivity contribution in [1.82, 2.24) is 9.97 Å². The molecule has 0 atom stereocenters. The number of anilines is 3. The van der Waals surface area contributed by atoms with E-state index >= 15 is 0 Å². The fourth-order valence-electron chi connectivity index (χ4n) is 3.32. The molecule has 0 spiro atoms. The molecular weight excluding hydrogens is 344 g/mol. The van der Waals surface area contributed by atoms with Gasteiger partial charge >= 0.3 is 5.97 Å². The predicted molar refractivity (Wildman–Crippen MR) is 104 cm³/mol. The maximum Gasteiger partial charge on any atom is 0.307 e. The Bertz CT molecular complexity index is 1000. The predicted octanol–water partition coefficient (Wildman–Crippen LogP) is 3.31. The number of phenols is 1. The molecule has 1 aromatic heterocycles. The third-order valence-electron chi connectivity index (χ3n) is 4.63. The van der Waals surface area contributed by atoms with Gasteiger partial charge in [-0.1, -0.05) is 18.2 Å². The van der Waals surface area contributed by atoms with Crippen molar-refractivity contribution in [1.29, 1.82) is 0 Å². The number of aromatic nitrogens is 2. The van der Waals surface area contributed by atoms with Gasteiger partial charge in [-0.05, 0) is 42.7 Å². The zero-order valence-corrected chi connectivity index (χ0v) is 14.7. The van der Waals surface area contributed by atoms with Gasteiger partial charge in [0.1, 0.15) is 5.75 Å². The number of carboxylic acids is 1. The molecule has 1 fully saturated rings. The highest BCUT2D eigenvalue weighted by Crippen LogP contribution is 2.33. The van der Waals surface area contributed by atoms with Crippen LogP contribution in [0, 0.1) is 0 Å². The molecule has 2 aromatic carbocycles. The van der Waals surface area contributed by atoms with Crippen LogP contribution in [-0.4, -0.2) is 39.2 Å². The highest BCUT2D eigenvalue weighted by atomic mass is 16.4. The molecule has 0 amide bonds. The third kappa shape index (κ3) is 3.62. The Morgan fingerprint density at radius 3 is 2.48 bits per heavy atom. The number of aromatic hydroxyl groups is 1. The summed E-state index contributed by atoms with van der Waals surface area (Å²) in [7, 11) is 0. The monoisotopic (exact) mass is 364 g/mol. The van der Waals surface area contributed by atoms with Crippen molar-refractivity contribution in [2.75, 3.05) is 23.3 Å². The molecule has 1 aliphatic heterocycles. The minimum atomic E-state index is -0.921.